The molecule has 0 aliphatic carbocycles. The maximum atomic E-state index is 13.8. The Hall–Kier alpha value is -2.73. The average Bonchev–Trinajstić information content (AvgIpc) is 2.86. The van der Waals surface area contributed by atoms with E-state index in [1.165, 1.54) is 16.4 Å². The number of aromatic hydroxyl groups is 1. The number of methoxy groups -OCH3 is 1. The van der Waals surface area contributed by atoms with Gasteiger partial charge in [0.05, 0.1) is 25.0 Å². The van der Waals surface area contributed by atoms with Crippen LogP contribution in [0.2, 0.25) is 0 Å². The lowest BCUT2D eigenvalue weighted by Crippen LogP contribution is -2.49. The lowest BCUT2D eigenvalue weighted by Gasteiger charge is -2.25. The predicted octanol–water partition coefficient (Wildman–Crippen LogP) is 2.56. The highest BCUT2D eigenvalue weighted by Gasteiger charge is 2.25. The van der Waals surface area contributed by atoms with Gasteiger partial charge in [-0.1, -0.05) is 26.0 Å². The van der Waals surface area contributed by atoms with E-state index in [2.05, 4.69) is 10.6 Å². The summed E-state index contributed by atoms with van der Waals surface area (Å²) in [5.74, 6) is -1.11. The molecule has 2 rings (SSSR count). The maximum Gasteiger partial charge on any atom is 0.221 e. The van der Waals surface area contributed by atoms with Crippen LogP contribution in [-0.2, 0) is 27.8 Å². The lowest BCUT2D eigenvalue weighted by molar-refractivity contribution is -0.122. The molecule has 0 aliphatic rings. The van der Waals surface area contributed by atoms with Gasteiger partial charge in [-0.15, -0.1) is 0 Å². The number of benzene rings is 2. The highest BCUT2D eigenvalue weighted by atomic mass is 32.2. The number of aliphatic hydroxyl groups is 1. The Morgan fingerprint density at radius 3 is 2.45 bits per heavy atom. The summed E-state index contributed by atoms with van der Waals surface area (Å²) >= 11 is 0. The highest BCUT2D eigenvalue weighted by molar-refractivity contribution is 7.89. The van der Waals surface area contributed by atoms with Crippen molar-refractivity contribution in [3.05, 3.63) is 59.4 Å². The molecule has 0 spiro atoms. The Morgan fingerprint density at radius 1 is 1.11 bits per heavy atom. The SMILES string of the molecule is CCCN(CCC)S(=O)(=O)CCC(=O)N[C@@H](Cc1cc(O)cc(F)c1)[C@@H](O)CNCc1cccc(OC)c1. The molecule has 11 heteroatoms. The van der Waals surface area contributed by atoms with Crippen LogP contribution in [0.15, 0.2) is 42.5 Å². The Balaban J connectivity index is 2.07. The molecule has 0 saturated carbocycles. The zero-order valence-electron chi connectivity index (χ0n) is 22.3. The first-order valence-corrected chi connectivity index (χ1v) is 14.5. The Bertz CT molecular complexity index is 1110. The van der Waals surface area contributed by atoms with E-state index < -0.39 is 33.9 Å². The van der Waals surface area contributed by atoms with Crippen molar-refractivity contribution >= 4 is 15.9 Å². The molecular formula is C27H40FN3O6S. The summed E-state index contributed by atoms with van der Waals surface area (Å²) in [4.78, 5) is 12.8. The van der Waals surface area contributed by atoms with Crippen LogP contribution >= 0.6 is 0 Å². The standard InChI is InChI=1S/C27H40FN3O6S/c1-4-10-31(11-5-2)38(35,36)12-9-27(34)30-25(16-21-13-22(28)17-23(32)14-21)26(33)19-29-18-20-7-6-8-24(15-20)37-3/h6-8,13-15,17,25-26,29,32-33H,4-5,9-12,16,18-19H2,1-3H3,(H,30,34)/t25-,26-/m0/s1. The smallest absolute Gasteiger partial charge is 0.221 e. The van der Waals surface area contributed by atoms with Crippen LogP contribution in [0.25, 0.3) is 0 Å². The third-order valence-corrected chi connectivity index (χ3v) is 7.82. The van der Waals surface area contributed by atoms with E-state index in [1.54, 1.807) is 7.11 Å². The number of phenolic OH excluding ortho intramolecular Hbond substituents is 1. The topological polar surface area (TPSA) is 128 Å². The lowest BCUT2D eigenvalue weighted by atomic mass is 10.00. The molecule has 9 nitrogen and oxygen atoms in total. The van der Waals surface area contributed by atoms with Crippen molar-refractivity contribution in [2.75, 3.05) is 32.5 Å². The molecule has 2 atom stereocenters. The molecule has 0 heterocycles. The largest absolute Gasteiger partial charge is 0.508 e. The Labute approximate surface area is 225 Å². The van der Waals surface area contributed by atoms with Crippen LogP contribution in [0.4, 0.5) is 4.39 Å². The Morgan fingerprint density at radius 2 is 1.82 bits per heavy atom. The Kier molecular flexibility index (Phi) is 12.9. The number of rotatable bonds is 17. The fourth-order valence-corrected chi connectivity index (χ4v) is 5.72. The van der Waals surface area contributed by atoms with Crippen molar-refractivity contribution in [1.82, 2.24) is 14.9 Å². The number of aliphatic hydroxyl groups excluding tert-OH is 1. The number of ether oxygens (including phenoxy) is 1. The summed E-state index contributed by atoms with van der Waals surface area (Å²) in [6.45, 7) is 5.09. The van der Waals surface area contributed by atoms with Crippen molar-refractivity contribution < 1.29 is 32.6 Å². The van der Waals surface area contributed by atoms with Gasteiger partial charge in [0.15, 0.2) is 0 Å². The second-order valence-corrected chi connectivity index (χ2v) is 11.3. The second kappa shape index (κ2) is 15.6. The van der Waals surface area contributed by atoms with E-state index >= 15 is 0 Å². The third kappa shape index (κ3) is 10.6. The van der Waals surface area contributed by atoms with Crippen LogP contribution in [0.1, 0.15) is 44.2 Å². The van der Waals surface area contributed by atoms with E-state index in [9.17, 15) is 27.8 Å². The van der Waals surface area contributed by atoms with Crippen LogP contribution < -0.4 is 15.4 Å². The van der Waals surface area contributed by atoms with Crippen molar-refractivity contribution in [2.24, 2.45) is 0 Å². The first kappa shape index (κ1) is 31.5. The molecule has 212 valence electrons. The van der Waals surface area contributed by atoms with Crippen molar-refractivity contribution in [3.8, 4) is 11.5 Å². The number of sulfonamides is 1. The fourth-order valence-electron chi connectivity index (χ4n) is 4.10. The highest BCUT2D eigenvalue weighted by Crippen LogP contribution is 2.17. The average molecular weight is 554 g/mol. The van der Waals surface area contributed by atoms with Gasteiger partial charge in [0.2, 0.25) is 15.9 Å². The molecule has 0 saturated heterocycles. The van der Waals surface area contributed by atoms with Crippen LogP contribution in [0, 0.1) is 5.82 Å². The third-order valence-electron chi connectivity index (χ3n) is 5.95. The quantitative estimate of drug-likeness (QED) is 0.237. The summed E-state index contributed by atoms with van der Waals surface area (Å²) < 4.78 is 45.9. The first-order valence-electron chi connectivity index (χ1n) is 12.8. The summed E-state index contributed by atoms with van der Waals surface area (Å²) in [5, 5.41) is 26.5. The molecular weight excluding hydrogens is 513 g/mol. The molecule has 0 radical (unpaired) electrons. The van der Waals surface area contributed by atoms with Gasteiger partial charge in [0, 0.05) is 38.7 Å². The number of hydrogen-bond acceptors (Lipinski definition) is 7. The number of carbonyl (C=O) groups excluding carboxylic acids is 1. The van der Waals surface area contributed by atoms with E-state index in [-0.39, 0.29) is 30.9 Å². The number of nitrogens with one attached hydrogen (secondary N) is 2. The first-order chi connectivity index (χ1) is 18.1. The van der Waals surface area contributed by atoms with Gasteiger partial charge in [0.1, 0.15) is 17.3 Å². The van der Waals surface area contributed by atoms with Gasteiger partial charge in [-0.2, -0.15) is 0 Å². The fraction of sp³-hybridized carbons (Fsp3) is 0.519. The number of hydrogen-bond donors (Lipinski definition) is 4. The van der Waals surface area contributed by atoms with Gasteiger partial charge in [-0.25, -0.2) is 17.1 Å². The monoisotopic (exact) mass is 553 g/mol. The van der Waals surface area contributed by atoms with E-state index in [0.717, 1.165) is 11.6 Å². The molecule has 0 unspecified atom stereocenters. The molecule has 0 fully saturated rings. The van der Waals surface area contributed by atoms with Crippen molar-refractivity contribution in [1.29, 1.82) is 0 Å². The summed E-state index contributed by atoms with van der Waals surface area (Å²) in [6.07, 6.45) is 0.0135. The van der Waals surface area contributed by atoms with Crippen LogP contribution in [-0.4, -0.2) is 73.5 Å². The van der Waals surface area contributed by atoms with Crippen molar-refractivity contribution in [2.45, 2.75) is 58.2 Å². The van der Waals surface area contributed by atoms with E-state index in [0.29, 0.717) is 43.8 Å². The van der Waals surface area contributed by atoms with Gasteiger partial charge in [-0.05, 0) is 54.7 Å². The van der Waals surface area contributed by atoms with Gasteiger partial charge < -0.3 is 25.6 Å². The summed E-state index contributed by atoms with van der Waals surface area (Å²) in [5.41, 5.74) is 1.31. The normalized spacial score (nSPS) is 13.3. The number of halogens is 1. The zero-order chi connectivity index (χ0) is 28.1. The van der Waals surface area contributed by atoms with Gasteiger partial charge in [0.25, 0.3) is 0 Å². The van der Waals surface area contributed by atoms with Gasteiger partial charge in [-0.3, -0.25) is 4.79 Å². The molecule has 0 aromatic heterocycles. The minimum Gasteiger partial charge on any atom is -0.508 e. The number of amides is 1. The maximum absolute atomic E-state index is 13.8. The molecule has 2 aromatic rings. The predicted molar refractivity (Wildman–Crippen MR) is 145 cm³/mol. The zero-order valence-corrected chi connectivity index (χ0v) is 23.1. The molecule has 38 heavy (non-hydrogen) atoms. The number of phenols is 1. The van der Waals surface area contributed by atoms with Crippen LogP contribution in [0.5, 0.6) is 11.5 Å². The minimum absolute atomic E-state index is 0.0314. The summed E-state index contributed by atoms with van der Waals surface area (Å²) in [6, 6.07) is 10.1. The van der Waals surface area contributed by atoms with Crippen LogP contribution in [0.3, 0.4) is 0 Å². The minimum atomic E-state index is -3.61. The van der Waals surface area contributed by atoms with E-state index in [1.807, 2.05) is 38.1 Å². The number of nitrogens with zero attached hydrogens (tertiary/aromatic N) is 1. The number of carbonyl (C=O) groups is 1. The van der Waals surface area contributed by atoms with E-state index in [4.69, 9.17) is 4.74 Å². The molecule has 2 aromatic carbocycles. The molecule has 0 bridgehead atoms. The van der Waals surface area contributed by atoms with Gasteiger partial charge >= 0.3 is 0 Å². The molecule has 4 N–H and O–H groups in total. The van der Waals surface area contributed by atoms with Crippen molar-refractivity contribution in [3.63, 3.8) is 0 Å². The molecule has 1 amide bonds. The molecule has 0 aliphatic heterocycles. The summed E-state index contributed by atoms with van der Waals surface area (Å²) in [7, 11) is -2.04. The second-order valence-electron chi connectivity index (χ2n) is 9.21.